The van der Waals surface area contributed by atoms with Gasteiger partial charge in [0.05, 0.1) is 17.7 Å². The first-order chi connectivity index (χ1) is 14.4. The van der Waals surface area contributed by atoms with Crippen LogP contribution < -0.4 is 15.6 Å². The number of ether oxygens (including phenoxy) is 2. The highest BCUT2D eigenvalue weighted by molar-refractivity contribution is 5.91. The molecule has 0 aliphatic carbocycles. The maximum absolute atomic E-state index is 13.7. The summed E-state index contributed by atoms with van der Waals surface area (Å²) >= 11 is 0. The SMILES string of the molecule is CCOC(=O)COc1cccc2c(=O)n(CC(=O)Nc3ccc(F)cc3F)ccc12. The van der Waals surface area contributed by atoms with Crippen molar-refractivity contribution in [2.45, 2.75) is 13.5 Å². The number of benzene rings is 2. The first kappa shape index (κ1) is 21.0. The Kier molecular flexibility index (Phi) is 6.41. The fourth-order valence-electron chi connectivity index (χ4n) is 2.81. The van der Waals surface area contributed by atoms with Crippen molar-refractivity contribution in [3.05, 3.63) is 70.6 Å². The molecule has 0 saturated heterocycles. The Morgan fingerprint density at radius 2 is 1.90 bits per heavy atom. The molecule has 1 N–H and O–H groups in total. The van der Waals surface area contributed by atoms with Gasteiger partial charge in [-0.15, -0.1) is 0 Å². The molecule has 0 atom stereocenters. The molecule has 0 unspecified atom stereocenters. The van der Waals surface area contributed by atoms with E-state index in [2.05, 4.69) is 5.32 Å². The summed E-state index contributed by atoms with van der Waals surface area (Å²) in [7, 11) is 0. The fourth-order valence-corrected chi connectivity index (χ4v) is 2.81. The monoisotopic (exact) mass is 416 g/mol. The van der Waals surface area contributed by atoms with Gasteiger partial charge in [-0.2, -0.15) is 0 Å². The number of hydrogen-bond donors (Lipinski definition) is 1. The summed E-state index contributed by atoms with van der Waals surface area (Å²) in [6.07, 6.45) is 1.39. The van der Waals surface area contributed by atoms with E-state index in [1.807, 2.05) is 0 Å². The predicted octanol–water partition coefficient (Wildman–Crippen LogP) is 2.86. The van der Waals surface area contributed by atoms with Crippen molar-refractivity contribution >= 4 is 28.3 Å². The van der Waals surface area contributed by atoms with E-state index in [0.717, 1.165) is 16.7 Å². The Hall–Kier alpha value is -3.75. The molecule has 0 spiro atoms. The van der Waals surface area contributed by atoms with E-state index in [9.17, 15) is 23.2 Å². The first-order valence-corrected chi connectivity index (χ1v) is 9.04. The standard InChI is InChI=1S/C21H18F2N2O5/c1-2-29-20(27)12-30-18-5-3-4-15-14(18)8-9-25(21(15)28)11-19(26)24-17-7-6-13(22)10-16(17)23/h3-10H,2,11-12H2,1H3,(H,24,26). The molecule has 7 nitrogen and oxygen atoms in total. The Morgan fingerprint density at radius 1 is 1.10 bits per heavy atom. The molecule has 3 rings (SSSR count). The molecule has 0 radical (unpaired) electrons. The molecule has 9 heteroatoms. The molecule has 0 fully saturated rings. The summed E-state index contributed by atoms with van der Waals surface area (Å²) in [6, 6.07) is 9.08. The van der Waals surface area contributed by atoms with Gasteiger partial charge in [0.1, 0.15) is 23.9 Å². The van der Waals surface area contributed by atoms with Crippen LogP contribution in [0.3, 0.4) is 0 Å². The Balaban J connectivity index is 1.79. The lowest BCUT2D eigenvalue weighted by atomic mass is 10.1. The molecule has 1 amide bonds. The Labute approximate surface area is 169 Å². The van der Waals surface area contributed by atoms with Gasteiger partial charge in [0.15, 0.2) is 6.61 Å². The van der Waals surface area contributed by atoms with Crippen LogP contribution >= 0.6 is 0 Å². The Bertz CT molecular complexity index is 1160. The number of nitrogens with one attached hydrogen (secondary N) is 1. The maximum Gasteiger partial charge on any atom is 0.344 e. The number of esters is 1. The lowest BCUT2D eigenvalue weighted by Crippen LogP contribution is -2.27. The number of halogens is 2. The minimum atomic E-state index is -0.919. The summed E-state index contributed by atoms with van der Waals surface area (Å²) in [5.74, 6) is -2.55. The first-order valence-electron chi connectivity index (χ1n) is 9.04. The van der Waals surface area contributed by atoms with Gasteiger partial charge in [0, 0.05) is 17.6 Å². The maximum atomic E-state index is 13.7. The lowest BCUT2D eigenvalue weighted by Gasteiger charge is -2.11. The van der Waals surface area contributed by atoms with Gasteiger partial charge in [0.25, 0.3) is 5.56 Å². The van der Waals surface area contributed by atoms with E-state index in [-0.39, 0.29) is 30.8 Å². The van der Waals surface area contributed by atoms with Gasteiger partial charge in [0.2, 0.25) is 5.91 Å². The second kappa shape index (κ2) is 9.17. The average molecular weight is 416 g/mol. The smallest absolute Gasteiger partial charge is 0.344 e. The molecule has 30 heavy (non-hydrogen) atoms. The fraction of sp³-hybridized carbons (Fsp3) is 0.190. The number of rotatable bonds is 7. The average Bonchev–Trinajstić information content (AvgIpc) is 2.71. The normalized spacial score (nSPS) is 10.6. The van der Waals surface area contributed by atoms with Crippen molar-refractivity contribution in [1.29, 1.82) is 0 Å². The zero-order valence-electron chi connectivity index (χ0n) is 16.0. The molecule has 2 aromatic carbocycles. The molecule has 1 heterocycles. The van der Waals surface area contributed by atoms with Crippen molar-refractivity contribution in [3.63, 3.8) is 0 Å². The summed E-state index contributed by atoms with van der Waals surface area (Å²) in [6.45, 7) is 1.23. The minimum Gasteiger partial charge on any atom is -0.481 e. The number of aromatic nitrogens is 1. The topological polar surface area (TPSA) is 86.6 Å². The number of carbonyl (C=O) groups is 2. The molecule has 0 saturated carbocycles. The molecule has 0 bridgehead atoms. The van der Waals surface area contributed by atoms with Crippen molar-refractivity contribution in [2.75, 3.05) is 18.5 Å². The molecule has 3 aromatic rings. The van der Waals surface area contributed by atoms with E-state index in [0.29, 0.717) is 17.2 Å². The third-order valence-corrected chi connectivity index (χ3v) is 4.15. The van der Waals surface area contributed by atoms with E-state index >= 15 is 0 Å². The van der Waals surface area contributed by atoms with Crippen LogP contribution in [0, 0.1) is 11.6 Å². The number of nitrogens with zero attached hydrogens (tertiary/aromatic N) is 1. The quantitative estimate of drug-likeness (QED) is 0.599. The summed E-state index contributed by atoms with van der Waals surface area (Å²) in [5, 5.41) is 3.04. The van der Waals surface area contributed by atoms with Crippen LogP contribution in [0.4, 0.5) is 14.5 Å². The third kappa shape index (κ3) is 4.80. The van der Waals surface area contributed by atoms with E-state index in [1.54, 1.807) is 31.2 Å². The van der Waals surface area contributed by atoms with Crippen LogP contribution in [0.2, 0.25) is 0 Å². The molecule has 0 aliphatic heterocycles. The molecule has 156 valence electrons. The van der Waals surface area contributed by atoms with Crippen molar-refractivity contribution in [3.8, 4) is 5.75 Å². The van der Waals surface area contributed by atoms with Gasteiger partial charge in [-0.25, -0.2) is 13.6 Å². The second-order valence-corrected chi connectivity index (χ2v) is 6.23. The largest absolute Gasteiger partial charge is 0.481 e. The highest BCUT2D eigenvalue weighted by Crippen LogP contribution is 2.23. The summed E-state index contributed by atoms with van der Waals surface area (Å²) < 4.78 is 38.0. The van der Waals surface area contributed by atoms with Crippen LogP contribution in [0.5, 0.6) is 5.75 Å². The molecular weight excluding hydrogens is 398 g/mol. The molecule has 0 aliphatic rings. The highest BCUT2D eigenvalue weighted by Gasteiger charge is 2.13. The minimum absolute atomic E-state index is 0.190. The van der Waals surface area contributed by atoms with Crippen LogP contribution in [-0.4, -0.2) is 29.7 Å². The number of fused-ring (bicyclic) bond motifs is 1. The molecule has 1 aromatic heterocycles. The third-order valence-electron chi connectivity index (χ3n) is 4.15. The van der Waals surface area contributed by atoms with Crippen molar-refractivity contribution < 1.29 is 27.8 Å². The number of carbonyl (C=O) groups excluding carboxylic acids is 2. The van der Waals surface area contributed by atoms with Gasteiger partial charge >= 0.3 is 5.97 Å². The van der Waals surface area contributed by atoms with Crippen molar-refractivity contribution in [1.82, 2.24) is 4.57 Å². The number of pyridine rings is 1. The summed E-state index contributed by atoms with van der Waals surface area (Å²) in [5.41, 5.74) is -0.659. The number of anilines is 1. The number of hydrogen-bond acceptors (Lipinski definition) is 5. The van der Waals surface area contributed by atoms with Crippen LogP contribution in [0.15, 0.2) is 53.5 Å². The van der Waals surface area contributed by atoms with E-state index in [4.69, 9.17) is 9.47 Å². The molecular formula is C21H18F2N2O5. The van der Waals surface area contributed by atoms with Crippen LogP contribution in [0.1, 0.15) is 6.92 Å². The second-order valence-electron chi connectivity index (χ2n) is 6.23. The lowest BCUT2D eigenvalue weighted by molar-refractivity contribution is -0.145. The van der Waals surface area contributed by atoms with Crippen molar-refractivity contribution in [2.24, 2.45) is 0 Å². The van der Waals surface area contributed by atoms with Gasteiger partial charge in [-0.05, 0) is 37.3 Å². The highest BCUT2D eigenvalue weighted by atomic mass is 19.1. The van der Waals surface area contributed by atoms with E-state index in [1.165, 1.54) is 6.20 Å². The van der Waals surface area contributed by atoms with Gasteiger partial charge < -0.3 is 19.4 Å². The number of amides is 1. The van der Waals surface area contributed by atoms with E-state index < -0.39 is 29.1 Å². The predicted molar refractivity (Wildman–Crippen MR) is 105 cm³/mol. The zero-order chi connectivity index (χ0) is 21.7. The van der Waals surface area contributed by atoms with Gasteiger partial charge in [-0.3, -0.25) is 9.59 Å². The Morgan fingerprint density at radius 3 is 2.63 bits per heavy atom. The van der Waals surface area contributed by atoms with Crippen LogP contribution in [-0.2, 0) is 20.9 Å². The van der Waals surface area contributed by atoms with Crippen LogP contribution in [0.25, 0.3) is 10.8 Å². The summed E-state index contributed by atoms with van der Waals surface area (Å²) in [4.78, 5) is 36.4. The zero-order valence-corrected chi connectivity index (χ0v) is 16.0. The van der Waals surface area contributed by atoms with Gasteiger partial charge in [-0.1, -0.05) is 6.07 Å².